The van der Waals surface area contributed by atoms with Gasteiger partial charge in [0.1, 0.15) is 21.4 Å². The first-order chi connectivity index (χ1) is 9.76. The van der Waals surface area contributed by atoms with E-state index in [9.17, 15) is 18.0 Å². The van der Waals surface area contributed by atoms with Crippen molar-refractivity contribution in [3.8, 4) is 0 Å². The Hall–Kier alpha value is -1.11. The molecule has 2 aliphatic rings. The zero-order valence-electron chi connectivity index (χ0n) is 12.9. The van der Waals surface area contributed by atoms with Crippen LogP contribution in [0.15, 0.2) is 0 Å². The predicted octanol–water partition coefficient (Wildman–Crippen LogP) is 0.469. The highest BCUT2D eigenvalue weighted by atomic mass is 32.2. The highest BCUT2D eigenvalue weighted by molar-refractivity contribution is 7.91. The number of nitrogens with zero attached hydrogens (tertiary/aromatic N) is 1. The minimum absolute atomic E-state index is 0.0658. The number of amides is 2. The molecule has 2 amide bonds. The molecule has 21 heavy (non-hydrogen) atoms. The fourth-order valence-corrected chi connectivity index (χ4v) is 4.78. The molecular formula is C14H24N2O4S. The molecule has 0 radical (unpaired) electrons. The van der Waals surface area contributed by atoms with Crippen LogP contribution < -0.4 is 5.32 Å². The van der Waals surface area contributed by atoms with E-state index in [4.69, 9.17) is 0 Å². The molecule has 120 valence electrons. The van der Waals surface area contributed by atoms with Crippen LogP contribution >= 0.6 is 0 Å². The lowest BCUT2D eigenvalue weighted by Crippen LogP contribution is -2.71. The molecule has 0 spiro atoms. The number of carbonyl (C=O) groups is 2. The number of rotatable bonds is 3. The number of hydrogen-bond acceptors (Lipinski definition) is 4. The second-order valence-electron chi connectivity index (χ2n) is 6.05. The summed E-state index contributed by atoms with van der Waals surface area (Å²) in [5, 5.41) is 2.87. The van der Waals surface area contributed by atoms with E-state index in [0.717, 1.165) is 0 Å². The molecule has 2 aliphatic heterocycles. The van der Waals surface area contributed by atoms with Crippen LogP contribution in [-0.2, 0) is 19.4 Å². The van der Waals surface area contributed by atoms with E-state index >= 15 is 0 Å². The van der Waals surface area contributed by atoms with Crippen LogP contribution in [0.2, 0.25) is 0 Å². The third-order valence-corrected chi connectivity index (χ3v) is 6.64. The lowest BCUT2D eigenvalue weighted by Gasteiger charge is -2.48. The molecule has 0 aromatic heterocycles. The van der Waals surface area contributed by atoms with Gasteiger partial charge in [-0.25, -0.2) is 8.42 Å². The first-order valence-electron chi connectivity index (χ1n) is 7.61. The van der Waals surface area contributed by atoms with E-state index in [1.165, 1.54) is 0 Å². The van der Waals surface area contributed by atoms with Crippen LogP contribution in [0.3, 0.4) is 0 Å². The van der Waals surface area contributed by atoms with Gasteiger partial charge in [-0.2, -0.15) is 0 Å². The average molecular weight is 316 g/mol. The average Bonchev–Trinajstić information content (AvgIpc) is 2.45. The Balaban J connectivity index is 2.28. The molecule has 6 nitrogen and oxygen atoms in total. The van der Waals surface area contributed by atoms with Crippen molar-refractivity contribution in [1.29, 1.82) is 0 Å². The lowest BCUT2D eigenvalue weighted by atomic mass is 9.86. The van der Waals surface area contributed by atoms with Gasteiger partial charge in [0, 0.05) is 6.04 Å². The number of nitrogens with one attached hydrogen (secondary N) is 1. The largest absolute Gasteiger partial charge is 0.340 e. The normalized spacial score (nSPS) is 29.3. The van der Waals surface area contributed by atoms with Gasteiger partial charge in [-0.15, -0.1) is 0 Å². The monoisotopic (exact) mass is 316 g/mol. The molecule has 2 saturated heterocycles. The van der Waals surface area contributed by atoms with Crippen molar-refractivity contribution in [3.05, 3.63) is 0 Å². The van der Waals surface area contributed by atoms with Gasteiger partial charge in [-0.3, -0.25) is 9.59 Å². The van der Waals surface area contributed by atoms with E-state index in [1.807, 2.05) is 13.8 Å². The van der Waals surface area contributed by atoms with Gasteiger partial charge in [0.05, 0.1) is 11.5 Å². The zero-order valence-corrected chi connectivity index (χ0v) is 13.7. The van der Waals surface area contributed by atoms with Crippen molar-refractivity contribution in [2.45, 2.75) is 64.1 Å². The fourth-order valence-electron chi connectivity index (χ4n) is 3.31. The predicted molar refractivity (Wildman–Crippen MR) is 79.4 cm³/mol. The van der Waals surface area contributed by atoms with Crippen LogP contribution in [0.25, 0.3) is 0 Å². The van der Waals surface area contributed by atoms with E-state index in [-0.39, 0.29) is 29.4 Å². The van der Waals surface area contributed by atoms with Gasteiger partial charge >= 0.3 is 0 Å². The molecule has 0 bridgehead atoms. The second kappa shape index (κ2) is 5.59. The molecule has 2 rings (SSSR count). The minimum atomic E-state index is -2.98. The summed E-state index contributed by atoms with van der Waals surface area (Å²) in [5.74, 6) is -0.0159. The Bertz CT molecular complexity index is 525. The van der Waals surface area contributed by atoms with Gasteiger partial charge in [-0.1, -0.05) is 13.8 Å². The van der Waals surface area contributed by atoms with Crippen LogP contribution in [0.4, 0.5) is 0 Å². The summed E-state index contributed by atoms with van der Waals surface area (Å²) in [6.07, 6.45) is 1.94. The number of carbonyl (C=O) groups excluding carboxylic acids is 2. The Labute approximate surface area is 126 Å². The summed E-state index contributed by atoms with van der Waals surface area (Å²) >= 11 is 0. The molecule has 1 atom stereocenters. The van der Waals surface area contributed by atoms with Gasteiger partial charge < -0.3 is 10.2 Å². The Morgan fingerprint density at radius 1 is 1.19 bits per heavy atom. The maximum absolute atomic E-state index is 12.9. The molecule has 0 aromatic carbocycles. The van der Waals surface area contributed by atoms with Crippen LogP contribution in [-0.4, -0.2) is 54.3 Å². The smallest absolute Gasteiger partial charge is 0.249 e. The Morgan fingerprint density at radius 3 is 2.19 bits per heavy atom. The molecule has 1 N–H and O–H groups in total. The SMILES string of the molecule is CCC1(CC)NC(=O)C(C)N(C2CCS(=O)(=O)CC2)C1=O. The lowest BCUT2D eigenvalue weighted by molar-refractivity contribution is -0.158. The van der Waals surface area contributed by atoms with Crippen molar-refractivity contribution in [3.63, 3.8) is 0 Å². The van der Waals surface area contributed by atoms with Crippen molar-refractivity contribution in [1.82, 2.24) is 10.2 Å². The second-order valence-corrected chi connectivity index (χ2v) is 8.35. The van der Waals surface area contributed by atoms with Crippen molar-refractivity contribution < 1.29 is 18.0 Å². The molecule has 1 unspecified atom stereocenters. The van der Waals surface area contributed by atoms with E-state index < -0.39 is 21.4 Å². The topological polar surface area (TPSA) is 83.6 Å². The molecule has 2 fully saturated rings. The molecule has 0 saturated carbocycles. The third kappa shape index (κ3) is 2.80. The Kier molecular flexibility index (Phi) is 4.33. The zero-order chi connectivity index (χ0) is 15.8. The third-order valence-electron chi connectivity index (χ3n) is 4.93. The fraction of sp³-hybridized carbons (Fsp3) is 0.857. The maximum Gasteiger partial charge on any atom is 0.249 e. The van der Waals surface area contributed by atoms with E-state index in [2.05, 4.69) is 5.32 Å². The summed E-state index contributed by atoms with van der Waals surface area (Å²) in [6.45, 7) is 5.49. The van der Waals surface area contributed by atoms with Crippen molar-refractivity contribution >= 4 is 21.7 Å². The first kappa shape index (κ1) is 16.3. The standard InChI is InChI=1S/C14H24N2O4S/c1-4-14(5-2)13(18)16(10(3)12(17)15-14)11-6-8-21(19,20)9-7-11/h10-11H,4-9H2,1-3H3,(H,15,17). The van der Waals surface area contributed by atoms with Crippen molar-refractivity contribution in [2.75, 3.05) is 11.5 Å². The Morgan fingerprint density at radius 2 is 1.71 bits per heavy atom. The van der Waals surface area contributed by atoms with E-state index in [1.54, 1.807) is 11.8 Å². The minimum Gasteiger partial charge on any atom is -0.340 e. The van der Waals surface area contributed by atoms with Gasteiger partial charge in [0.15, 0.2) is 0 Å². The molecular weight excluding hydrogens is 292 g/mol. The number of sulfone groups is 1. The van der Waals surface area contributed by atoms with Crippen LogP contribution in [0.1, 0.15) is 46.5 Å². The van der Waals surface area contributed by atoms with Gasteiger partial charge in [0.25, 0.3) is 0 Å². The quantitative estimate of drug-likeness (QED) is 0.820. The summed E-state index contributed by atoms with van der Waals surface area (Å²) in [7, 11) is -2.98. The highest BCUT2D eigenvalue weighted by Crippen LogP contribution is 2.30. The molecule has 2 heterocycles. The molecule has 0 aromatic rings. The van der Waals surface area contributed by atoms with Crippen LogP contribution in [0, 0.1) is 0 Å². The number of hydrogen-bond donors (Lipinski definition) is 1. The first-order valence-corrected chi connectivity index (χ1v) is 9.43. The highest BCUT2D eigenvalue weighted by Gasteiger charge is 2.49. The maximum atomic E-state index is 12.9. The van der Waals surface area contributed by atoms with E-state index in [0.29, 0.717) is 25.7 Å². The van der Waals surface area contributed by atoms with Crippen molar-refractivity contribution in [2.24, 2.45) is 0 Å². The van der Waals surface area contributed by atoms with Gasteiger partial charge in [-0.05, 0) is 32.6 Å². The number of piperazine rings is 1. The van der Waals surface area contributed by atoms with Gasteiger partial charge in [0.2, 0.25) is 11.8 Å². The summed E-state index contributed by atoms with van der Waals surface area (Å²) < 4.78 is 23.1. The summed E-state index contributed by atoms with van der Waals surface area (Å²) in [4.78, 5) is 26.8. The summed E-state index contributed by atoms with van der Waals surface area (Å²) in [6, 6.07) is -0.686. The van der Waals surface area contributed by atoms with Crippen LogP contribution in [0.5, 0.6) is 0 Å². The molecule has 0 aliphatic carbocycles. The summed E-state index contributed by atoms with van der Waals surface area (Å²) in [5.41, 5.74) is -0.833. The molecule has 7 heteroatoms.